The number of alkyl halides is 4. The maximum absolute atomic E-state index is 16.5. The number of pyridine rings is 1. The summed E-state index contributed by atoms with van der Waals surface area (Å²) in [6.07, 6.45) is -1.30. The number of rotatable bonds is 8. The molecule has 10 nitrogen and oxygen atoms in total. The molecule has 3 aliphatic heterocycles. The van der Waals surface area contributed by atoms with Gasteiger partial charge in [0.25, 0.3) is 5.91 Å². The van der Waals surface area contributed by atoms with Crippen molar-refractivity contribution < 1.29 is 40.3 Å². The van der Waals surface area contributed by atoms with Gasteiger partial charge in [-0.2, -0.15) is 28.4 Å². The minimum atomic E-state index is -5.18. The number of hydrogen-bond donors (Lipinski definition) is 0. The largest absolute Gasteiger partial charge is 0.461 e. The van der Waals surface area contributed by atoms with Gasteiger partial charge in [-0.3, -0.25) is 14.7 Å². The number of anilines is 1. The molecule has 0 unspecified atom stereocenters. The summed E-state index contributed by atoms with van der Waals surface area (Å²) in [5.74, 6) is -4.92. The predicted octanol–water partition coefficient (Wildman–Crippen LogP) is 6.34. The summed E-state index contributed by atoms with van der Waals surface area (Å²) in [5.41, 5.74) is -4.49. The van der Waals surface area contributed by atoms with Gasteiger partial charge in [0.1, 0.15) is 46.2 Å². The summed E-state index contributed by atoms with van der Waals surface area (Å²) in [6.45, 7) is 0.682. The Labute approximate surface area is 296 Å². The van der Waals surface area contributed by atoms with Gasteiger partial charge in [-0.15, -0.1) is 11.3 Å². The first-order valence-electron chi connectivity index (χ1n) is 16.3. The van der Waals surface area contributed by atoms with Crippen molar-refractivity contribution >= 4 is 40.0 Å². The van der Waals surface area contributed by atoms with E-state index in [2.05, 4.69) is 19.9 Å². The van der Waals surface area contributed by atoms with Gasteiger partial charge in [-0.1, -0.05) is 12.1 Å². The van der Waals surface area contributed by atoms with Crippen LogP contribution in [0.25, 0.3) is 28.2 Å². The zero-order chi connectivity index (χ0) is 36.8. The minimum Gasteiger partial charge on any atom is -0.461 e. The maximum atomic E-state index is 16.5. The molecule has 6 heterocycles. The molecular formula is C34H29F7N8O2S. The Bertz CT molecular complexity index is 2080. The van der Waals surface area contributed by atoms with E-state index in [9.17, 15) is 32.0 Å². The Morgan fingerprint density at radius 3 is 2.73 bits per heavy atom. The molecule has 1 aromatic carbocycles. The molecule has 0 radical (unpaired) electrons. The zero-order valence-electron chi connectivity index (χ0n) is 27.2. The summed E-state index contributed by atoms with van der Waals surface area (Å²) < 4.78 is 108. The molecule has 3 fully saturated rings. The Balaban J connectivity index is 1.28. The standard InChI is InChI=1S/C34H29F7N8O2S/c35-19-14-33(6-2-9-48(33)16-19)18-51-32-45-29-22(15-44-28(27(29)38)21-3-1-4-23(36)26(21)34(39,40)41)30(46-32)47-10-11-49(20(17-47)5-7-42)31(50)24(37)13-25-43-8-12-52-25/h1,3-4,8,12-13,15,19-20H,2,5-6,9-11,14,16-18H2/b24-13-/t19-,20+,33+/m1/s1. The average molecular weight is 747 g/mol. The summed E-state index contributed by atoms with van der Waals surface area (Å²) >= 11 is 1.13. The normalized spacial score (nSPS) is 22.5. The van der Waals surface area contributed by atoms with Gasteiger partial charge < -0.3 is 14.5 Å². The Morgan fingerprint density at radius 2 is 1.98 bits per heavy atom. The van der Waals surface area contributed by atoms with Crippen molar-refractivity contribution in [3.63, 3.8) is 0 Å². The van der Waals surface area contributed by atoms with Crippen LogP contribution in [0.4, 0.5) is 36.6 Å². The highest BCUT2D eigenvalue weighted by Crippen LogP contribution is 2.42. The highest BCUT2D eigenvalue weighted by atomic mass is 32.1. The van der Waals surface area contributed by atoms with E-state index < -0.39 is 69.6 Å². The number of benzene rings is 1. The lowest BCUT2D eigenvalue weighted by molar-refractivity contribution is -0.139. The number of halogens is 7. The van der Waals surface area contributed by atoms with Gasteiger partial charge in [-0.25, -0.2) is 22.5 Å². The molecule has 0 bridgehead atoms. The summed E-state index contributed by atoms with van der Waals surface area (Å²) in [6, 6.07) is 3.29. The van der Waals surface area contributed by atoms with Crippen LogP contribution < -0.4 is 9.64 Å². The number of hydrogen-bond acceptors (Lipinski definition) is 10. The van der Waals surface area contributed by atoms with Crippen molar-refractivity contribution in [3.8, 4) is 23.3 Å². The van der Waals surface area contributed by atoms with Crippen LogP contribution in [0.3, 0.4) is 0 Å². The Morgan fingerprint density at radius 1 is 1.15 bits per heavy atom. The number of carbonyl (C=O) groups is 1. The van der Waals surface area contributed by atoms with Gasteiger partial charge in [0, 0.05) is 62.0 Å². The van der Waals surface area contributed by atoms with Gasteiger partial charge in [0.05, 0.1) is 29.5 Å². The predicted molar refractivity (Wildman–Crippen MR) is 175 cm³/mol. The molecule has 7 rings (SSSR count). The van der Waals surface area contributed by atoms with Gasteiger partial charge >= 0.3 is 12.2 Å². The van der Waals surface area contributed by atoms with Crippen LogP contribution in [-0.4, -0.2) is 92.7 Å². The number of piperazine rings is 1. The monoisotopic (exact) mass is 746 g/mol. The number of fused-ring (bicyclic) bond motifs is 2. The van der Waals surface area contributed by atoms with Crippen LogP contribution in [0.5, 0.6) is 6.01 Å². The van der Waals surface area contributed by atoms with Crippen LogP contribution in [0.1, 0.15) is 36.3 Å². The van der Waals surface area contributed by atoms with Crippen molar-refractivity contribution in [3.05, 3.63) is 64.0 Å². The first-order valence-corrected chi connectivity index (χ1v) is 17.2. The second-order valence-corrected chi connectivity index (χ2v) is 13.8. The van der Waals surface area contributed by atoms with E-state index in [0.29, 0.717) is 19.0 Å². The fourth-order valence-electron chi connectivity index (χ4n) is 7.38. The third-order valence-corrected chi connectivity index (χ3v) is 10.4. The number of nitrogens with zero attached hydrogens (tertiary/aromatic N) is 8. The quantitative estimate of drug-likeness (QED) is 0.151. The summed E-state index contributed by atoms with van der Waals surface area (Å²) in [5, 5.41) is 11.5. The lowest BCUT2D eigenvalue weighted by atomic mass is 9.95. The van der Waals surface area contributed by atoms with E-state index in [-0.39, 0.29) is 67.8 Å². The molecule has 52 heavy (non-hydrogen) atoms. The first kappa shape index (κ1) is 35.5. The average Bonchev–Trinajstić information content (AvgIpc) is 3.83. The number of ether oxygens (including phenoxy) is 1. The smallest absolute Gasteiger partial charge is 0.419 e. The zero-order valence-corrected chi connectivity index (χ0v) is 28.0. The SMILES string of the molecule is N#CC[C@H]1CN(c2nc(OC[C@@]34CCCN3C[C@H](F)C4)nc3c(F)c(-c4cccc(F)c4C(F)(F)F)ncc23)CCN1C(=O)/C(F)=C/c1nccs1. The third kappa shape index (κ3) is 6.62. The lowest BCUT2D eigenvalue weighted by Crippen LogP contribution is -2.55. The van der Waals surface area contributed by atoms with E-state index in [1.807, 2.05) is 11.0 Å². The van der Waals surface area contributed by atoms with Gasteiger partial charge in [-0.05, 0) is 25.5 Å². The van der Waals surface area contributed by atoms with E-state index in [1.165, 1.54) is 11.1 Å². The minimum absolute atomic E-state index is 0.0104. The number of amides is 1. The summed E-state index contributed by atoms with van der Waals surface area (Å²) in [4.78, 5) is 34.7. The molecule has 0 aliphatic carbocycles. The highest BCUT2D eigenvalue weighted by Gasteiger charge is 2.49. The van der Waals surface area contributed by atoms with Gasteiger partial charge in [0.2, 0.25) is 0 Å². The first-order chi connectivity index (χ1) is 24.9. The molecule has 0 N–H and O–H groups in total. The van der Waals surface area contributed by atoms with Crippen LogP contribution in [0.15, 0.2) is 41.8 Å². The van der Waals surface area contributed by atoms with Crippen LogP contribution in [-0.2, 0) is 11.0 Å². The molecule has 3 aliphatic rings. The molecule has 1 amide bonds. The number of nitriles is 1. The maximum Gasteiger partial charge on any atom is 0.419 e. The third-order valence-electron chi connectivity index (χ3n) is 9.70. The number of thiazole rings is 1. The second kappa shape index (κ2) is 13.9. The fraction of sp³-hybridized carbons (Fsp3) is 0.412. The lowest BCUT2D eigenvalue weighted by Gasteiger charge is -2.41. The van der Waals surface area contributed by atoms with Crippen molar-refractivity contribution in [2.75, 3.05) is 44.2 Å². The summed E-state index contributed by atoms with van der Waals surface area (Å²) in [7, 11) is 0. The van der Waals surface area contributed by atoms with Crippen LogP contribution in [0.2, 0.25) is 0 Å². The fourth-order valence-corrected chi connectivity index (χ4v) is 7.93. The van der Waals surface area contributed by atoms with E-state index in [4.69, 9.17) is 4.74 Å². The molecule has 3 saturated heterocycles. The molecule has 3 aromatic heterocycles. The molecule has 272 valence electrons. The van der Waals surface area contributed by atoms with Crippen molar-refractivity contribution in [2.24, 2.45) is 0 Å². The Hall–Kier alpha value is -4.89. The van der Waals surface area contributed by atoms with Crippen molar-refractivity contribution in [2.45, 2.75) is 49.6 Å². The molecule has 18 heteroatoms. The van der Waals surface area contributed by atoms with Crippen molar-refractivity contribution in [1.29, 1.82) is 5.26 Å². The molecule has 0 saturated carbocycles. The molecular weight excluding hydrogens is 717 g/mol. The van der Waals surface area contributed by atoms with E-state index in [0.717, 1.165) is 42.2 Å². The van der Waals surface area contributed by atoms with E-state index >= 15 is 8.78 Å². The second-order valence-electron chi connectivity index (χ2n) is 12.9. The van der Waals surface area contributed by atoms with E-state index in [1.54, 1.807) is 10.3 Å². The van der Waals surface area contributed by atoms with Gasteiger partial charge in [0.15, 0.2) is 11.6 Å². The van der Waals surface area contributed by atoms with Crippen LogP contribution in [0, 0.1) is 23.0 Å². The molecule has 3 atom stereocenters. The molecule has 4 aromatic rings. The number of carbonyl (C=O) groups excluding carboxylic acids is 1. The number of aromatic nitrogens is 4. The molecule has 0 spiro atoms. The van der Waals surface area contributed by atoms with Crippen LogP contribution >= 0.6 is 11.3 Å². The topological polar surface area (TPSA) is 111 Å². The Kier molecular flexibility index (Phi) is 9.50. The van der Waals surface area contributed by atoms with Crippen molar-refractivity contribution in [1.82, 2.24) is 29.7 Å². The highest BCUT2D eigenvalue weighted by molar-refractivity contribution is 7.10.